The smallest absolute Gasteiger partial charge is 0.119 e. The number of benzene rings is 1. The van der Waals surface area contributed by atoms with Crippen molar-refractivity contribution in [1.82, 2.24) is 10.2 Å². The van der Waals surface area contributed by atoms with Gasteiger partial charge in [-0.25, -0.2) is 0 Å². The molecule has 3 nitrogen and oxygen atoms in total. The molecule has 1 fully saturated rings. The second-order valence-corrected chi connectivity index (χ2v) is 6.19. The number of piperazine rings is 1. The van der Waals surface area contributed by atoms with Crippen molar-refractivity contribution in [2.45, 2.75) is 39.0 Å². The van der Waals surface area contributed by atoms with Gasteiger partial charge < -0.3 is 15.3 Å². The quantitative estimate of drug-likeness (QED) is 0.885. The molecule has 0 spiro atoms. The summed E-state index contributed by atoms with van der Waals surface area (Å²) in [6.45, 7) is 7.71. The normalized spacial score (nSPS) is 19.9. The van der Waals surface area contributed by atoms with Crippen LogP contribution in [-0.2, 0) is 19.3 Å². The molecule has 3 rings (SSSR count). The average Bonchev–Trinajstić information content (AvgIpc) is 2.48. The number of phenols is 1. The third-order valence-corrected chi connectivity index (χ3v) is 4.92. The van der Waals surface area contributed by atoms with Crippen molar-refractivity contribution in [2.75, 3.05) is 32.7 Å². The number of aromatic hydroxyl groups is 1. The molecule has 0 radical (unpaired) electrons. The van der Waals surface area contributed by atoms with Crippen LogP contribution in [0.1, 0.15) is 35.1 Å². The van der Waals surface area contributed by atoms with Crippen molar-refractivity contribution < 1.29 is 5.11 Å². The maximum Gasteiger partial charge on any atom is 0.119 e. The molecule has 1 aromatic carbocycles. The van der Waals surface area contributed by atoms with Crippen LogP contribution in [0.3, 0.4) is 0 Å². The minimum atomic E-state index is 0.526. The van der Waals surface area contributed by atoms with Crippen LogP contribution in [0.2, 0.25) is 0 Å². The molecule has 0 aromatic heterocycles. The van der Waals surface area contributed by atoms with E-state index in [0.29, 0.717) is 5.75 Å². The molecule has 20 heavy (non-hydrogen) atoms. The van der Waals surface area contributed by atoms with E-state index in [0.717, 1.165) is 45.6 Å². The third-order valence-electron chi connectivity index (χ3n) is 4.92. The number of hydrogen-bond acceptors (Lipinski definition) is 3. The molecular formula is C17H26N2O. The van der Waals surface area contributed by atoms with Gasteiger partial charge >= 0.3 is 0 Å². The second-order valence-electron chi connectivity index (χ2n) is 6.19. The van der Waals surface area contributed by atoms with Crippen molar-refractivity contribution in [2.24, 2.45) is 0 Å². The number of aryl methyl sites for hydroxylation is 1. The van der Waals surface area contributed by atoms with E-state index in [4.69, 9.17) is 0 Å². The van der Waals surface area contributed by atoms with E-state index in [-0.39, 0.29) is 0 Å². The molecule has 0 bridgehead atoms. The summed E-state index contributed by atoms with van der Waals surface area (Å²) in [5.74, 6) is 0.526. The zero-order valence-corrected chi connectivity index (χ0v) is 12.5. The topological polar surface area (TPSA) is 35.5 Å². The van der Waals surface area contributed by atoms with E-state index in [2.05, 4.69) is 17.1 Å². The molecule has 1 saturated heterocycles. The molecule has 1 aromatic rings. The Hall–Kier alpha value is -1.06. The van der Waals surface area contributed by atoms with Crippen molar-refractivity contribution in [3.63, 3.8) is 0 Å². The Balaban J connectivity index is 1.75. The van der Waals surface area contributed by atoms with Gasteiger partial charge in [0.2, 0.25) is 0 Å². The minimum absolute atomic E-state index is 0.526. The van der Waals surface area contributed by atoms with Crippen LogP contribution in [0.4, 0.5) is 0 Å². The lowest BCUT2D eigenvalue weighted by Crippen LogP contribution is -2.44. The lowest BCUT2D eigenvalue weighted by atomic mass is 9.85. The first-order valence-electron chi connectivity index (χ1n) is 8.02. The standard InChI is InChI=1S/C17H26N2O/c1-13-15-5-3-2-4-14(15)12-17(20)16(13)6-9-19-10-7-18-8-11-19/h12,18,20H,2-11H2,1H3. The van der Waals surface area contributed by atoms with E-state index in [9.17, 15) is 5.11 Å². The van der Waals surface area contributed by atoms with Crippen molar-refractivity contribution in [3.05, 3.63) is 28.3 Å². The first-order chi connectivity index (χ1) is 9.75. The highest BCUT2D eigenvalue weighted by molar-refractivity contribution is 5.49. The molecule has 3 heteroatoms. The van der Waals surface area contributed by atoms with Gasteiger partial charge in [0.15, 0.2) is 0 Å². The zero-order valence-electron chi connectivity index (χ0n) is 12.5. The fourth-order valence-corrected chi connectivity index (χ4v) is 3.66. The summed E-state index contributed by atoms with van der Waals surface area (Å²) in [6.07, 6.45) is 5.89. The Bertz CT molecular complexity index is 478. The molecule has 110 valence electrons. The molecule has 2 N–H and O–H groups in total. The van der Waals surface area contributed by atoms with Crippen LogP contribution >= 0.6 is 0 Å². The number of hydrogen-bond donors (Lipinski definition) is 2. The van der Waals surface area contributed by atoms with Crippen molar-refractivity contribution in [1.29, 1.82) is 0 Å². The summed E-state index contributed by atoms with van der Waals surface area (Å²) < 4.78 is 0. The van der Waals surface area contributed by atoms with Gasteiger partial charge in [-0.2, -0.15) is 0 Å². The van der Waals surface area contributed by atoms with Gasteiger partial charge in [0, 0.05) is 32.7 Å². The minimum Gasteiger partial charge on any atom is -0.508 e. The lowest BCUT2D eigenvalue weighted by Gasteiger charge is -2.28. The third kappa shape index (κ3) is 2.84. The van der Waals surface area contributed by atoms with E-state index >= 15 is 0 Å². The molecule has 0 amide bonds. The SMILES string of the molecule is Cc1c(CCN2CCNCC2)c(O)cc2c1CCCC2. The van der Waals surface area contributed by atoms with Crippen LogP contribution in [-0.4, -0.2) is 42.7 Å². The summed E-state index contributed by atoms with van der Waals surface area (Å²) in [5, 5.41) is 13.7. The molecule has 0 unspecified atom stereocenters. The van der Waals surface area contributed by atoms with Gasteiger partial charge in [0.05, 0.1) is 0 Å². The van der Waals surface area contributed by atoms with Crippen LogP contribution in [0.5, 0.6) is 5.75 Å². The number of fused-ring (bicyclic) bond motifs is 1. The Morgan fingerprint density at radius 1 is 1.20 bits per heavy atom. The largest absolute Gasteiger partial charge is 0.508 e. The predicted molar refractivity (Wildman–Crippen MR) is 82.5 cm³/mol. The first-order valence-corrected chi connectivity index (χ1v) is 8.02. The lowest BCUT2D eigenvalue weighted by molar-refractivity contribution is 0.243. The second kappa shape index (κ2) is 6.15. The predicted octanol–water partition coefficient (Wildman–Crippen LogP) is 2.03. The molecule has 1 aliphatic heterocycles. The number of phenolic OH excluding ortho intramolecular Hbond substituents is 1. The Labute approximate surface area is 122 Å². The maximum absolute atomic E-state index is 10.3. The Morgan fingerprint density at radius 2 is 1.95 bits per heavy atom. The van der Waals surface area contributed by atoms with Gasteiger partial charge in [-0.05, 0) is 67.3 Å². The highest BCUT2D eigenvalue weighted by Crippen LogP contribution is 2.32. The van der Waals surface area contributed by atoms with Crippen molar-refractivity contribution >= 4 is 0 Å². The van der Waals surface area contributed by atoms with Crippen LogP contribution in [0.25, 0.3) is 0 Å². The van der Waals surface area contributed by atoms with Gasteiger partial charge in [-0.15, -0.1) is 0 Å². The number of rotatable bonds is 3. The van der Waals surface area contributed by atoms with E-state index in [1.807, 2.05) is 6.07 Å². The molecule has 1 aliphatic carbocycles. The average molecular weight is 274 g/mol. The van der Waals surface area contributed by atoms with Gasteiger partial charge in [0.25, 0.3) is 0 Å². The maximum atomic E-state index is 10.3. The van der Waals surface area contributed by atoms with Gasteiger partial charge in [-0.1, -0.05) is 0 Å². The molecule has 2 aliphatic rings. The number of nitrogens with one attached hydrogen (secondary N) is 1. The van der Waals surface area contributed by atoms with E-state index < -0.39 is 0 Å². The van der Waals surface area contributed by atoms with E-state index in [1.54, 1.807) is 0 Å². The van der Waals surface area contributed by atoms with Crippen LogP contribution in [0.15, 0.2) is 6.07 Å². The zero-order chi connectivity index (χ0) is 13.9. The summed E-state index contributed by atoms with van der Waals surface area (Å²) in [4.78, 5) is 2.49. The fourth-order valence-electron chi connectivity index (χ4n) is 3.66. The van der Waals surface area contributed by atoms with Crippen LogP contribution in [0, 0.1) is 6.92 Å². The van der Waals surface area contributed by atoms with Crippen LogP contribution < -0.4 is 5.32 Å². The fraction of sp³-hybridized carbons (Fsp3) is 0.647. The van der Waals surface area contributed by atoms with E-state index in [1.165, 1.54) is 41.5 Å². The number of nitrogens with zero attached hydrogens (tertiary/aromatic N) is 1. The summed E-state index contributed by atoms with van der Waals surface area (Å²) in [7, 11) is 0. The highest BCUT2D eigenvalue weighted by Gasteiger charge is 2.18. The summed E-state index contributed by atoms with van der Waals surface area (Å²) in [5.41, 5.74) is 5.44. The highest BCUT2D eigenvalue weighted by atomic mass is 16.3. The molecule has 0 atom stereocenters. The Morgan fingerprint density at radius 3 is 2.75 bits per heavy atom. The van der Waals surface area contributed by atoms with Gasteiger partial charge in [0.1, 0.15) is 5.75 Å². The molecular weight excluding hydrogens is 248 g/mol. The summed E-state index contributed by atoms with van der Waals surface area (Å²) in [6, 6.07) is 2.04. The summed E-state index contributed by atoms with van der Waals surface area (Å²) >= 11 is 0. The molecule has 0 saturated carbocycles. The van der Waals surface area contributed by atoms with Gasteiger partial charge in [-0.3, -0.25) is 0 Å². The molecule has 1 heterocycles. The monoisotopic (exact) mass is 274 g/mol. The van der Waals surface area contributed by atoms with Crippen molar-refractivity contribution in [3.8, 4) is 5.75 Å². The first kappa shape index (κ1) is 13.9. The Kier molecular flexibility index (Phi) is 4.27.